The van der Waals surface area contributed by atoms with Gasteiger partial charge in [-0.1, -0.05) is 29.8 Å². The van der Waals surface area contributed by atoms with Crippen molar-refractivity contribution in [2.75, 3.05) is 11.9 Å². The summed E-state index contributed by atoms with van der Waals surface area (Å²) in [5.41, 5.74) is 2.20. The van der Waals surface area contributed by atoms with Gasteiger partial charge in [-0.3, -0.25) is 14.4 Å². The van der Waals surface area contributed by atoms with E-state index >= 15 is 0 Å². The molecule has 0 aliphatic heterocycles. The van der Waals surface area contributed by atoms with Crippen molar-refractivity contribution >= 4 is 23.5 Å². The maximum Gasteiger partial charge on any atom is 0.322 e. The van der Waals surface area contributed by atoms with Gasteiger partial charge in [0.05, 0.1) is 5.41 Å². The number of benzene rings is 2. The summed E-state index contributed by atoms with van der Waals surface area (Å²) < 4.78 is 0. The fraction of sp³-hybridized carbons (Fsp3) is 0.250. The first-order chi connectivity index (χ1) is 12.2. The molecular weight excluding hydrogens is 332 g/mol. The fourth-order valence-corrected chi connectivity index (χ4v) is 2.35. The van der Waals surface area contributed by atoms with Gasteiger partial charge in [0.2, 0.25) is 5.91 Å². The van der Waals surface area contributed by atoms with Crippen molar-refractivity contribution in [2.45, 2.75) is 26.2 Å². The number of anilines is 1. The number of carboxylic acid groups (broad SMARTS) is 1. The van der Waals surface area contributed by atoms with Gasteiger partial charge in [0, 0.05) is 11.3 Å². The van der Waals surface area contributed by atoms with Crippen LogP contribution in [0.3, 0.4) is 0 Å². The van der Waals surface area contributed by atoms with E-state index < -0.39 is 23.8 Å². The molecule has 0 saturated carbocycles. The predicted octanol–water partition coefficient (Wildman–Crippen LogP) is 2.73. The molecule has 0 spiro atoms. The van der Waals surface area contributed by atoms with Gasteiger partial charge < -0.3 is 15.7 Å². The van der Waals surface area contributed by atoms with Gasteiger partial charge >= 0.3 is 5.97 Å². The average Bonchev–Trinajstić information content (AvgIpc) is 2.60. The number of carboxylic acids is 1. The van der Waals surface area contributed by atoms with Crippen LogP contribution in [0.2, 0.25) is 0 Å². The van der Waals surface area contributed by atoms with Crippen LogP contribution in [0, 0.1) is 6.92 Å². The molecule has 6 heteroatoms. The van der Waals surface area contributed by atoms with Gasteiger partial charge in [0.25, 0.3) is 5.91 Å². The fourth-order valence-electron chi connectivity index (χ4n) is 2.35. The summed E-state index contributed by atoms with van der Waals surface area (Å²) >= 11 is 0. The van der Waals surface area contributed by atoms with Crippen LogP contribution in [0.15, 0.2) is 48.5 Å². The molecule has 0 saturated heterocycles. The number of aryl methyl sites for hydroxylation is 1. The first kappa shape index (κ1) is 19.2. The summed E-state index contributed by atoms with van der Waals surface area (Å²) in [4.78, 5) is 34.9. The van der Waals surface area contributed by atoms with Crippen molar-refractivity contribution in [3.8, 4) is 0 Å². The molecule has 0 radical (unpaired) electrons. The molecule has 136 valence electrons. The molecule has 0 heterocycles. The smallest absolute Gasteiger partial charge is 0.322 e. The highest BCUT2D eigenvalue weighted by Crippen LogP contribution is 2.25. The Balaban J connectivity index is 2.05. The minimum Gasteiger partial charge on any atom is -0.480 e. The van der Waals surface area contributed by atoms with Gasteiger partial charge in [-0.05, 0) is 50.6 Å². The van der Waals surface area contributed by atoms with Crippen LogP contribution in [-0.2, 0) is 15.0 Å². The normalized spacial score (nSPS) is 10.9. The average molecular weight is 354 g/mol. The van der Waals surface area contributed by atoms with E-state index in [1.165, 1.54) is 12.1 Å². The second kappa shape index (κ2) is 7.82. The second-order valence-electron chi connectivity index (χ2n) is 6.60. The van der Waals surface area contributed by atoms with E-state index in [0.29, 0.717) is 11.3 Å². The Bertz CT molecular complexity index is 809. The quantitative estimate of drug-likeness (QED) is 0.743. The second-order valence-corrected chi connectivity index (χ2v) is 6.60. The summed E-state index contributed by atoms with van der Waals surface area (Å²) in [6.07, 6.45) is 0. The van der Waals surface area contributed by atoms with E-state index in [1.807, 2.05) is 45.0 Å². The monoisotopic (exact) mass is 354 g/mol. The molecule has 0 aliphatic rings. The number of nitrogens with one attached hydrogen (secondary N) is 2. The molecule has 3 N–H and O–H groups in total. The van der Waals surface area contributed by atoms with Crippen LogP contribution in [0.5, 0.6) is 0 Å². The van der Waals surface area contributed by atoms with Crippen molar-refractivity contribution in [3.05, 3.63) is 65.2 Å². The number of rotatable bonds is 6. The molecule has 26 heavy (non-hydrogen) atoms. The topological polar surface area (TPSA) is 95.5 Å². The Hall–Kier alpha value is -3.15. The Morgan fingerprint density at radius 3 is 2.08 bits per heavy atom. The van der Waals surface area contributed by atoms with E-state index in [0.717, 1.165) is 11.1 Å². The van der Waals surface area contributed by atoms with E-state index in [4.69, 9.17) is 5.11 Å². The van der Waals surface area contributed by atoms with Crippen LogP contribution in [0.1, 0.15) is 35.3 Å². The van der Waals surface area contributed by atoms with Crippen LogP contribution in [-0.4, -0.2) is 29.4 Å². The standard InChI is InChI=1S/C20H22N2O4/c1-13-4-8-15(9-5-13)20(2,3)19(26)22-16-10-6-14(7-11-16)18(25)21-12-17(23)24/h4-11H,12H2,1-3H3,(H,21,25)(H,22,26)(H,23,24). The highest BCUT2D eigenvalue weighted by atomic mass is 16.4. The lowest BCUT2D eigenvalue weighted by Crippen LogP contribution is -2.34. The first-order valence-electron chi connectivity index (χ1n) is 8.19. The lowest BCUT2D eigenvalue weighted by molar-refractivity contribution is -0.135. The van der Waals surface area contributed by atoms with Crippen LogP contribution in [0.25, 0.3) is 0 Å². The Morgan fingerprint density at radius 1 is 0.962 bits per heavy atom. The lowest BCUT2D eigenvalue weighted by atomic mass is 9.83. The van der Waals surface area contributed by atoms with Gasteiger partial charge in [0.1, 0.15) is 6.54 Å². The van der Waals surface area contributed by atoms with E-state index in [9.17, 15) is 14.4 Å². The van der Waals surface area contributed by atoms with Crippen LogP contribution < -0.4 is 10.6 Å². The van der Waals surface area contributed by atoms with Gasteiger partial charge in [-0.25, -0.2) is 0 Å². The maximum absolute atomic E-state index is 12.7. The highest BCUT2D eigenvalue weighted by molar-refractivity contribution is 6.00. The predicted molar refractivity (Wildman–Crippen MR) is 99.2 cm³/mol. The Labute approximate surface area is 152 Å². The number of hydrogen-bond acceptors (Lipinski definition) is 3. The van der Waals surface area contributed by atoms with Crippen molar-refractivity contribution in [3.63, 3.8) is 0 Å². The molecule has 0 aliphatic carbocycles. The molecule has 2 aromatic rings. The number of hydrogen-bond donors (Lipinski definition) is 3. The molecule has 0 atom stereocenters. The van der Waals surface area contributed by atoms with Crippen molar-refractivity contribution < 1.29 is 19.5 Å². The summed E-state index contributed by atoms with van der Waals surface area (Å²) in [7, 11) is 0. The highest BCUT2D eigenvalue weighted by Gasteiger charge is 2.29. The van der Waals surface area contributed by atoms with E-state index in [2.05, 4.69) is 10.6 Å². The summed E-state index contributed by atoms with van der Waals surface area (Å²) in [6, 6.07) is 14.1. The van der Waals surface area contributed by atoms with Gasteiger partial charge in [0.15, 0.2) is 0 Å². The minimum absolute atomic E-state index is 0.163. The minimum atomic E-state index is -1.11. The van der Waals surface area contributed by atoms with E-state index in [-0.39, 0.29) is 5.91 Å². The summed E-state index contributed by atoms with van der Waals surface area (Å²) in [5.74, 6) is -1.75. The number of aliphatic carboxylic acids is 1. The Kier molecular flexibility index (Phi) is 5.77. The lowest BCUT2D eigenvalue weighted by Gasteiger charge is -2.24. The molecule has 0 unspecified atom stereocenters. The van der Waals surface area contributed by atoms with Crippen molar-refractivity contribution in [2.24, 2.45) is 0 Å². The van der Waals surface area contributed by atoms with Crippen molar-refractivity contribution in [1.82, 2.24) is 5.32 Å². The maximum atomic E-state index is 12.7. The zero-order valence-corrected chi connectivity index (χ0v) is 15.0. The zero-order valence-electron chi connectivity index (χ0n) is 15.0. The number of carbonyl (C=O) groups excluding carboxylic acids is 2. The van der Waals surface area contributed by atoms with Gasteiger partial charge in [-0.2, -0.15) is 0 Å². The largest absolute Gasteiger partial charge is 0.480 e. The third-order valence-corrected chi connectivity index (χ3v) is 4.15. The zero-order chi connectivity index (χ0) is 19.3. The molecule has 0 fully saturated rings. The molecule has 0 bridgehead atoms. The molecule has 2 rings (SSSR count). The summed E-state index contributed by atoms with van der Waals surface area (Å²) in [6.45, 7) is 5.24. The molecular formula is C20H22N2O4. The summed E-state index contributed by atoms with van der Waals surface area (Å²) in [5, 5.41) is 13.7. The number of carbonyl (C=O) groups is 3. The van der Waals surface area contributed by atoms with Gasteiger partial charge in [-0.15, -0.1) is 0 Å². The molecule has 0 aromatic heterocycles. The third kappa shape index (κ3) is 4.69. The van der Waals surface area contributed by atoms with Crippen molar-refractivity contribution in [1.29, 1.82) is 0 Å². The first-order valence-corrected chi connectivity index (χ1v) is 8.19. The van der Waals surface area contributed by atoms with Crippen LogP contribution >= 0.6 is 0 Å². The SMILES string of the molecule is Cc1ccc(C(C)(C)C(=O)Nc2ccc(C(=O)NCC(=O)O)cc2)cc1. The van der Waals surface area contributed by atoms with E-state index in [1.54, 1.807) is 12.1 Å². The number of amides is 2. The Morgan fingerprint density at radius 2 is 1.54 bits per heavy atom. The molecule has 2 aromatic carbocycles. The molecule has 6 nitrogen and oxygen atoms in total. The van der Waals surface area contributed by atoms with Crippen LogP contribution in [0.4, 0.5) is 5.69 Å². The molecule has 2 amide bonds. The third-order valence-electron chi connectivity index (χ3n) is 4.15.